The number of benzene rings is 1. The smallest absolute Gasteiger partial charge is 0.138 e. The Labute approximate surface area is 92.5 Å². The molecule has 0 aromatic heterocycles. The first-order valence-electron chi connectivity index (χ1n) is 3.73. The number of rotatable bonds is 2. The molecule has 4 heteroatoms. The van der Waals surface area contributed by atoms with Gasteiger partial charge in [0.05, 0.1) is 17.5 Å². The van der Waals surface area contributed by atoms with Crippen molar-refractivity contribution in [3.05, 3.63) is 27.7 Å². The Morgan fingerprint density at radius 2 is 1.85 bits per heavy atom. The molecule has 1 nitrogen and oxygen atoms in total. The normalized spacial score (nSPS) is 12.7. The third-order valence-corrected chi connectivity index (χ3v) is 2.56. The highest BCUT2D eigenvalue weighted by molar-refractivity contribution is 6.35. The molecule has 0 saturated carbocycles. The fraction of sp³-hybridized carbons (Fsp3) is 0.333. The summed E-state index contributed by atoms with van der Waals surface area (Å²) < 4.78 is 5.00. The van der Waals surface area contributed by atoms with Gasteiger partial charge in [0, 0.05) is 11.1 Å². The second-order valence-corrected chi connectivity index (χ2v) is 4.09. The maximum atomic E-state index is 5.95. The van der Waals surface area contributed by atoms with Crippen molar-refractivity contribution in [2.24, 2.45) is 0 Å². The van der Waals surface area contributed by atoms with Gasteiger partial charge >= 0.3 is 0 Å². The van der Waals surface area contributed by atoms with Crippen LogP contribution in [0.1, 0.15) is 17.9 Å². The molecule has 1 rings (SSSR count). The van der Waals surface area contributed by atoms with Gasteiger partial charge in [0.1, 0.15) is 5.75 Å². The highest BCUT2D eigenvalue weighted by atomic mass is 35.5. The topological polar surface area (TPSA) is 9.23 Å². The van der Waals surface area contributed by atoms with Crippen LogP contribution in [0.25, 0.3) is 0 Å². The summed E-state index contributed by atoms with van der Waals surface area (Å²) in [4.78, 5) is 0. The summed E-state index contributed by atoms with van der Waals surface area (Å²) in [6.07, 6.45) is 0. The molecule has 0 amide bonds. The lowest BCUT2D eigenvalue weighted by molar-refractivity contribution is 0.415. The van der Waals surface area contributed by atoms with E-state index < -0.39 is 0 Å². The highest BCUT2D eigenvalue weighted by Gasteiger charge is 2.11. The molecular weight excluding hydrogens is 230 g/mol. The molecule has 0 saturated heterocycles. The maximum absolute atomic E-state index is 5.95. The number of hydrogen-bond acceptors (Lipinski definition) is 1. The van der Waals surface area contributed by atoms with Gasteiger partial charge < -0.3 is 4.74 Å². The Hall–Kier alpha value is -0.110. The van der Waals surface area contributed by atoms with Gasteiger partial charge in [0.25, 0.3) is 0 Å². The van der Waals surface area contributed by atoms with Crippen LogP contribution in [0.15, 0.2) is 12.1 Å². The SMILES string of the molecule is COc1cc(Cl)c(C(C)Cl)cc1Cl. The second-order valence-electron chi connectivity index (χ2n) is 2.62. The fourth-order valence-corrected chi connectivity index (χ4v) is 1.81. The number of ether oxygens (including phenoxy) is 1. The summed E-state index contributed by atoms with van der Waals surface area (Å²) in [5.41, 5.74) is 0.814. The van der Waals surface area contributed by atoms with Crippen molar-refractivity contribution in [2.75, 3.05) is 7.11 Å². The Morgan fingerprint density at radius 1 is 1.23 bits per heavy atom. The van der Waals surface area contributed by atoms with E-state index in [0.29, 0.717) is 15.8 Å². The molecule has 0 radical (unpaired) electrons. The largest absolute Gasteiger partial charge is 0.495 e. The molecule has 0 heterocycles. The molecule has 0 aliphatic carbocycles. The zero-order valence-corrected chi connectivity index (χ0v) is 9.54. The van der Waals surface area contributed by atoms with Gasteiger partial charge in [0.15, 0.2) is 0 Å². The van der Waals surface area contributed by atoms with Crippen molar-refractivity contribution >= 4 is 34.8 Å². The van der Waals surface area contributed by atoms with E-state index in [0.717, 1.165) is 5.56 Å². The van der Waals surface area contributed by atoms with Gasteiger partial charge in [-0.15, -0.1) is 11.6 Å². The van der Waals surface area contributed by atoms with Gasteiger partial charge in [0.2, 0.25) is 0 Å². The summed E-state index contributed by atoms with van der Waals surface area (Å²) >= 11 is 17.7. The fourth-order valence-electron chi connectivity index (χ4n) is 1.01. The molecule has 1 unspecified atom stereocenters. The lowest BCUT2D eigenvalue weighted by Crippen LogP contribution is -1.90. The molecule has 72 valence electrons. The van der Waals surface area contributed by atoms with E-state index >= 15 is 0 Å². The first-order chi connectivity index (χ1) is 6.06. The summed E-state index contributed by atoms with van der Waals surface area (Å²) in [5, 5.41) is 0.939. The number of halogens is 3. The van der Waals surface area contributed by atoms with E-state index in [9.17, 15) is 0 Å². The van der Waals surface area contributed by atoms with Crippen molar-refractivity contribution < 1.29 is 4.74 Å². The Kier molecular flexibility index (Phi) is 3.72. The zero-order chi connectivity index (χ0) is 10.0. The van der Waals surface area contributed by atoms with Crippen molar-refractivity contribution in [1.82, 2.24) is 0 Å². The molecule has 0 N–H and O–H groups in total. The number of hydrogen-bond donors (Lipinski definition) is 0. The van der Waals surface area contributed by atoms with Crippen molar-refractivity contribution in [3.8, 4) is 5.75 Å². The predicted octanol–water partition coefficient (Wildman–Crippen LogP) is 4.30. The van der Waals surface area contributed by atoms with E-state index in [1.807, 2.05) is 6.92 Å². The van der Waals surface area contributed by atoms with E-state index in [2.05, 4.69) is 0 Å². The van der Waals surface area contributed by atoms with Crippen LogP contribution in [-0.4, -0.2) is 7.11 Å². The second kappa shape index (κ2) is 4.41. The van der Waals surface area contributed by atoms with Crippen LogP contribution in [-0.2, 0) is 0 Å². The van der Waals surface area contributed by atoms with Crippen LogP contribution in [0, 0.1) is 0 Å². The summed E-state index contributed by atoms with van der Waals surface area (Å²) in [7, 11) is 1.54. The average Bonchev–Trinajstić information content (AvgIpc) is 2.07. The van der Waals surface area contributed by atoms with Gasteiger partial charge in [-0.3, -0.25) is 0 Å². The molecule has 0 aliphatic heterocycles. The third kappa shape index (κ3) is 2.43. The Morgan fingerprint density at radius 3 is 2.31 bits per heavy atom. The lowest BCUT2D eigenvalue weighted by Gasteiger charge is -2.09. The van der Waals surface area contributed by atoms with E-state index in [-0.39, 0.29) is 5.38 Å². The minimum atomic E-state index is -0.157. The van der Waals surface area contributed by atoms with Gasteiger partial charge in [-0.25, -0.2) is 0 Å². The lowest BCUT2D eigenvalue weighted by atomic mass is 10.1. The Balaban J connectivity index is 3.20. The van der Waals surface area contributed by atoms with Crippen molar-refractivity contribution in [3.63, 3.8) is 0 Å². The van der Waals surface area contributed by atoms with Crippen molar-refractivity contribution in [2.45, 2.75) is 12.3 Å². The maximum Gasteiger partial charge on any atom is 0.138 e. The molecule has 0 aliphatic rings. The minimum Gasteiger partial charge on any atom is -0.495 e. The summed E-state index contributed by atoms with van der Waals surface area (Å²) in [6.45, 7) is 1.84. The van der Waals surface area contributed by atoms with E-state index in [1.165, 1.54) is 0 Å². The van der Waals surface area contributed by atoms with Crippen LogP contribution in [0.3, 0.4) is 0 Å². The molecule has 1 aromatic carbocycles. The van der Waals surface area contributed by atoms with Crippen LogP contribution in [0.2, 0.25) is 10.0 Å². The zero-order valence-electron chi connectivity index (χ0n) is 7.27. The number of methoxy groups -OCH3 is 1. The standard InChI is InChI=1S/C9H9Cl3O/c1-5(10)6-3-8(12)9(13-2)4-7(6)11/h3-5H,1-2H3. The van der Waals surface area contributed by atoms with Crippen LogP contribution in [0.4, 0.5) is 0 Å². The molecule has 0 bridgehead atoms. The molecule has 1 atom stereocenters. The van der Waals surface area contributed by atoms with Gasteiger partial charge in [-0.1, -0.05) is 23.2 Å². The van der Waals surface area contributed by atoms with E-state index in [1.54, 1.807) is 19.2 Å². The molecular formula is C9H9Cl3O. The molecule has 13 heavy (non-hydrogen) atoms. The Bertz CT molecular complexity index is 310. The van der Waals surface area contributed by atoms with Crippen LogP contribution < -0.4 is 4.74 Å². The van der Waals surface area contributed by atoms with Crippen LogP contribution >= 0.6 is 34.8 Å². The summed E-state index contributed by atoms with van der Waals surface area (Å²) in [6, 6.07) is 3.39. The van der Waals surface area contributed by atoms with Crippen LogP contribution in [0.5, 0.6) is 5.75 Å². The highest BCUT2D eigenvalue weighted by Crippen LogP contribution is 2.35. The van der Waals surface area contributed by atoms with Gasteiger partial charge in [-0.05, 0) is 18.6 Å². The predicted molar refractivity (Wildman–Crippen MR) is 57.3 cm³/mol. The first kappa shape index (κ1) is 11.0. The summed E-state index contributed by atoms with van der Waals surface area (Å²) in [5.74, 6) is 0.563. The monoisotopic (exact) mass is 238 g/mol. The molecule has 0 spiro atoms. The van der Waals surface area contributed by atoms with Crippen molar-refractivity contribution in [1.29, 1.82) is 0 Å². The molecule has 0 fully saturated rings. The van der Waals surface area contributed by atoms with Gasteiger partial charge in [-0.2, -0.15) is 0 Å². The molecule has 1 aromatic rings. The average molecular weight is 240 g/mol. The first-order valence-corrected chi connectivity index (χ1v) is 4.92. The van der Waals surface area contributed by atoms with E-state index in [4.69, 9.17) is 39.5 Å². The number of alkyl halides is 1. The third-order valence-electron chi connectivity index (χ3n) is 1.70. The quantitative estimate of drug-likeness (QED) is 0.699. The minimum absolute atomic E-state index is 0.157.